The second kappa shape index (κ2) is 5.12. The van der Waals surface area contributed by atoms with E-state index in [1.54, 1.807) is 0 Å². The topological polar surface area (TPSA) is 20.2 Å². The molecule has 0 aliphatic carbocycles. The van der Waals surface area contributed by atoms with E-state index in [9.17, 15) is 0 Å². The Bertz CT molecular complexity index is 524. The summed E-state index contributed by atoms with van der Waals surface area (Å²) in [5.74, 6) is 0. The van der Waals surface area contributed by atoms with Crippen molar-refractivity contribution in [1.29, 1.82) is 0 Å². The van der Waals surface area contributed by atoms with Crippen molar-refractivity contribution in [2.45, 2.75) is 6.42 Å². The van der Waals surface area contributed by atoms with Crippen LogP contribution in [0.2, 0.25) is 0 Å². The largest absolute Gasteiger partial charge is 0.351 e. The summed E-state index contributed by atoms with van der Waals surface area (Å²) in [7, 11) is 2.11. The molecule has 0 atom stereocenters. The van der Waals surface area contributed by atoms with Gasteiger partial charge in [-0.15, -0.1) is 0 Å². The van der Waals surface area contributed by atoms with E-state index >= 15 is 0 Å². The fourth-order valence-electron chi connectivity index (χ4n) is 2.80. The summed E-state index contributed by atoms with van der Waals surface area (Å²) in [5, 5.41) is 4.81. The maximum atomic E-state index is 3.40. The maximum absolute atomic E-state index is 3.40. The average molecular weight is 243 g/mol. The summed E-state index contributed by atoms with van der Waals surface area (Å²) in [6, 6.07) is 8.88. The highest BCUT2D eigenvalue weighted by molar-refractivity contribution is 5.83. The van der Waals surface area contributed by atoms with Gasteiger partial charge in [0.25, 0.3) is 0 Å². The average Bonchev–Trinajstić information content (AvgIpc) is 2.80. The zero-order chi connectivity index (χ0) is 12.4. The number of aryl methyl sites for hydroxylation is 1. The van der Waals surface area contributed by atoms with Crippen LogP contribution in [0.15, 0.2) is 30.5 Å². The lowest BCUT2D eigenvalue weighted by Gasteiger charge is -2.27. The summed E-state index contributed by atoms with van der Waals surface area (Å²) >= 11 is 0. The molecule has 0 spiro atoms. The van der Waals surface area contributed by atoms with E-state index in [2.05, 4.69) is 52.3 Å². The molecule has 1 fully saturated rings. The highest BCUT2D eigenvalue weighted by atomic mass is 15.2. The van der Waals surface area contributed by atoms with E-state index in [4.69, 9.17) is 0 Å². The number of aromatic nitrogens is 1. The summed E-state index contributed by atoms with van der Waals surface area (Å²) in [4.78, 5) is 2.55. The van der Waals surface area contributed by atoms with Gasteiger partial charge in [-0.3, -0.25) is 0 Å². The summed E-state index contributed by atoms with van der Waals surface area (Å²) in [5.41, 5.74) is 2.82. The van der Waals surface area contributed by atoms with Crippen LogP contribution in [0.25, 0.3) is 10.9 Å². The molecule has 1 saturated heterocycles. The smallest absolute Gasteiger partial charge is 0.0480 e. The van der Waals surface area contributed by atoms with Crippen LogP contribution in [0.3, 0.4) is 0 Å². The Morgan fingerprint density at radius 1 is 1.17 bits per heavy atom. The SMILES string of the molecule is Cn1ccc2c(CCN3CCNCC3)cccc21. The Labute approximate surface area is 108 Å². The Balaban J connectivity index is 1.74. The van der Waals surface area contributed by atoms with Crippen molar-refractivity contribution in [3.8, 4) is 0 Å². The van der Waals surface area contributed by atoms with Gasteiger partial charge in [-0.1, -0.05) is 12.1 Å². The minimum Gasteiger partial charge on any atom is -0.351 e. The van der Waals surface area contributed by atoms with Crippen molar-refractivity contribution in [2.75, 3.05) is 32.7 Å². The molecule has 1 aromatic heterocycles. The Morgan fingerprint density at radius 3 is 2.83 bits per heavy atom. The second-order valence-corrected chi connectivity index (χ2v) is 5.12. The third-order valence-corrected chi connectivity index (χ3v) is 3.93. The summed E-state index contributed by atoms with van der Waals surface area (Å²) < 4.78 is 2.20. The predicted octanol–water partition coefficient (Wildman–Crippen LogP) is 1.63. The molecule has 0 amide bonds. The number of fused-ring (bicyclic) bond motifs is 1. The second-order valence-electron chi connectivity index (χ2n) is 5.12. The first-order valence-electron chi connectivity index (χ1n) is 6.80. The number of benzene rings is 1. The molecule has 3 nitrogen and oxygen atoms in total. The fourth-order valence-corrected chi connectivity index (χ4v) is 2.80. The highest BCUT2D eigenvalue weighted by Gasteiger charge is 2.10. The highest BCUT2D eigenvalue weighted by Crippen LogP contribution is 2.20. The van der Waals surface area contributed by atoms with Crippen molar-refractivity contribution in [2.24, 2.45) is 7.05 Å². The van der Waals surface area contributed by atoms with E-state index < -0.39 is 0 Å². The molecular weight excluding hydrogens is 222 g/mol. The number of hydrogen-bond acceptors (Lipinski definition) is 2. The van der Waals surface area contributed by atoms with Gasteiger partial charge in [-0.2, -0.15) is 0 Å². The fraction of sp³-hybridized carbons (Fsp3) is 0.467. The molecule has 1 aliphatic heterocycles. The van der Waals surface area contributed by atoms with Crippen LogP contribution in [0.1, 0.15) is 5.56 Å². The van der Waals surface area contributed by atoms with Crippen LogP contribution in [0.5, 0.6) is 0 Å². The molecule has 2 heterocycles. The molecule has 0 radical (unpaired) electrons. The van der Waals surface area contributed by atoms with Gasteiger partial charge in [0.05, 0.1) is 0 Å². The molecule has 3 heteroatoms. The Kier molecular flexibility index (Phi) is 3.35. The zero-order valence-corrected chi connectivity index (χ0v) is 11.0. The van der Waals surface area contributed by atoms with E-state index in [0.717, 1.165) is 19.5 Å². The van der Waals surface area contributed by atoms with Gasteiger partial charge in [0, 0.05) is 56.9 Å². The molecule has 0 unspecified atom stereocenters. The van der Waals surface area contributed by atoms with Crippen LogP contribution in [0.4, 0.5) is 0 Å². The monoisotopic (exact) mass is 243 g/mol. The molecule has 18 heavy (non-hydrogen) atoms. The molecule has 1 aliphatic rings. The molecule has 3 rings (SSSR count). The minimum atomic E-state index is 1.13. The standard InChI is InChI=1S/C15H21N3/c1-17-9-6-14-13(3-2-4-15(14)17)5-10-18-11-7-16-8-12-18/h2-4,6,9,16H,5,7-8,10-12H2,1H3. The lowest BCUT2D eigenvalue weighted by atomic mass is 10.1. The van der Waals surface area contributed by atoms with Crippen molar-refractivity contribution < 1.29 is 0 Å². The van der Waals surface area contributed by atoms with Crippen LogP contribution < -0.4 is 5.32 Å². The van der Waals surface area contributed by atoms with Crippen molar-refractivity contribution in [1.82, 2.24) is 14.8 Å². The van der Waals surface area contributed by atoms with E-state index in [1.807, 2.05) is 0 Å². The van der Waals surface area contributed by atoms with Gasteiger partial charge in [0.2, 0.25) is 0 Å². The minimum absolute atomic E-state index is 1.13. The first kappa shape index (κ1) is 11.8. The molecule has 2 aromatic rings. The lowest BCUT2D eigenvalue weighted by molar-refractivity contribution is 0.244. The van der Waals surface area contributed by atoms with Crippen molar-refractivity contribution >= 4 is 10.9 Å². The van der Waals surface area contributed by atoms with Gasteiger partial charge >= 0.3 is 0 Å². The normalized spacial score (nSPS) is 17.4. The first-order valence-corrected chi connectivity index (χ1v) is 6.80. The maximum Gasteiger partial charge on any atom is 0.0480 e. The lowest BCUT2D eigenvalue weighted by Crippen LogP contribution is -2.44. The van der Waals surface area contributed by atoms with Crippen molar-refractivity contribution in [3.63, 3.8) is 0 Å². The quantitative estimate of drug-likeness (QED) is 0.884. The molecule has 96 valence electrons. The predicted molar refractivity (Wildman–Crippen MR) is 75.9 cm³/mol. The number of nitrogens with zero attached hydrogens (tertiary/aromatic N) is 2. The molecule has 0 bridgehead atoms. The Hall–Kier alpha value is -1.32. The molecule has 1 aromatic carbocycles. The van der Waals surface area contributed by atoms with Gasteiger partial charge in [0.1, 0.15) is 0 Å². The van der Waals surface area contributed by atoms with E-state index in [0.29, 0.717) is 0 Å². The van der Waals surface area contributed by atoms with Gasteiger partial charge in [-0.05, 0) is 24.1 Å². The van der Waals surface area contributed by atoms with E-state index in [1.165, 1.54) is 36.1 Å². The first-order chi connectivity index (χ1) is 8.84. The number of nitrogens with one attached hydrogen (secondary N) is 1. The van der Waals surface area contributed by atoms with Gasteiger partial charge in [0.15, 0.2) is 0 Å². The van der Waals surface area contributed by atoms with E-state index in [-0.39, 0.29) is 0 Å². The third-order valence-electron chi connectivity index (χ3n) is 3.93. The summed E-state index contributed by atoms with van der Waals surface area (Å²) in [6.07, 6.45) is 3.31. The molecule has 0 saturated carbocycles. The molecule has 1 N–H and O–H groups in total. The Morgan fingerprint density at radius 2 is 2.00 bits per heavy atom. The zero-order valence-electron chi connectivity index (χ0n) is 11.0. The number of rotatable bonds is 3. The van der Waals surface area contributed by atoms with Crippen molar-refractivity contribution in [3.05, 3.63) is 36.0 Å². The third kappa shape index (κ3) is 2.28. The van der Waals surface area contributed by atoms with Crippen LogP contribution in [-0.2, 0) is 13.5 Å². The molecular formula is C15H21N3. The van der Waals surface area contributed by atoms with Gasteiger partial charge in [-0.25, -0.2) is 0 Å². The summed E-state index contributed by atoms with van der Waals surface area (Å²) in [6.45, 7) is 5.82. The van der Waals surface area contributed by atoms with Crippen LogP contribution in [0, 0.1) is 0 Å². The van der Waals surface area contributed by atoms with Gasteiger partial charge < -0.3 is 14.8 Å². The van der Waals surface area contributed by atoms with Crippen LogP contribution in [-0.4, -0.2) is 42.2 Å². The number of piperazine rings is 1. The van der Waals surface area contributed by atoms with Crippen LogP contribution >= 0.6 is 0 Å². The number of hydrogen-bond donors (Lipinski definition) is 1.